The number of aromatic nitrogens is 1. The number of nitrogen functional groups attached to an aromatic ring is 1. The Morgan fingerprint density at radius 3 is 2.32 bits per heavy atom. The van der Waals surface area contributed by atoms with Crippen molar-refractivity contribution in [3.63, 3.8) is 0 Å². The van der Waals surface area contributed by atoms with Crippen LogP contribution in [0.3, 0.4) is 0 Å². The van der Waals surface area contributed by atoms with Crippen LogP contribution in [0.1, 0.15) is 27.1 Å². The molecule has 0 atom stereocenters. The van der Waals surface area contributed by atoms with E-state index >= 15 is 0 Å². The van der Waals surface area contributed by atoms with Gasteiger partial charge in [-0.1, -0.05) is 6.07 Å². The number of ether oxygens (including phenoxy) is 2. The molecule has 0 aliphatic carbocycles. The number of nitrogens with one attached hydrogen (secondary N) is 1. The number of anilines is 1. The average molecular weight is 346 g/mol. The molecule has 1 aromatic carbocycles. The lowest BCUT2D eigenvalue weighted by atomic mass is 9.95. The van der Waals surface area contributed by atoms with Gasteiger partial charge in [-0.25, -0.2) is 9.59 Å². The third-order valence-corrected chi connectivity index (χ3v) is 3.71. The van der Waals surface area contributed by atoms with Gasteiger partial charge >= 0.3 is 11.9 Å². The van der Waals surface area contributed by atoms with E-state index in [4.69, 9.17) is 15.2 Å². The van der Waals surface area contributed by atoms with Crippen molar-refractivity contribution >= 4 is 17.8 Å². The Balaban J connectivity index is 2.33. The Hall–Kier alpha value is -3.49. The van der Waals surface area contributed by atoms with E-state index in [0.717, 1.165) is 0 Å². The van der Waals surface area contributed by atoms with Crippen LogP contribution in [-0.4, -0.2) is 40.3 Å². The monoisotopic (exact) mass is 346 g/mol. The summed E-state index contributed by atoms with van der Waals surface area (Å²) in [5, 5.41) is 18.8. The normalized spacial score (nSPS) is 13.1. The van der Waals surface area contributed by atoms with Crippen molar-refractivity contribution in [2.24, 2.45) is 0 Å². The quantitative estimate of drug-likeness (QED) is 0.646. The second-order valence-electron chi connectivity index (χ2n) is 5.32. The predicted molar refractivity (Wildman–Crippen MR) is 86.4 cm³/mol. The van der Waals surface area contributed by atoms with Crippen molar-refractivity contribution in [1.82, 2.24) is 4.98 Å². The Morgan fingerprint density at radius 1 is 1.04 bits per heavy atom. The van der Waals surface area contributed by atoms with Crippen LogP contribution in [0, 0.1) is 0 Å². The molecule has 5 N–H and O–H groups in total. The lowest BCUT2D eigenvalue weighted by Crippen LogP contribution is -2.24. The standard InChI is InChI=1S/C16H14N2O7/c17-13-11(15(20)21)10(12(16(22)23)14(19)18-13)7-2-3-8-9(6-7)25-5-1-4-24-8/h2-3,6H,1,4-5H2,(H,20,21)(H,22,23)(H3,17,18,19). The first-order valence-electron chi connectivity index (χ1n) is 7.32. The van der Waals surface area contributed by atoms with Gasteiger partial charge in [-0.2, -0.15) is 0 Å². The fraction of sp³-hybridized carbons (Fsp3) is 0.188. The molecule has 0 unspecified atom stereocenters. The van der Waals surface area contributed by atoms with Crippen molar-refractivity contribution in [3.05, 3.63) is 39.7 Å². The number of hydrogen-bond donors (Lipinski definition) is 4. The topological polar surface area (TPSA) is 152 Å². The summed E-state index contributed by atoms with van der Waals surface area (Å²) in [7, 11) is 0. The number of aromatic carboxylic acids is 2. The molecule has 9 nitrogen and oxygen atoms in total. The SMILES string of the molecule is Nc1[nH]c(=O)c(C(=O)O)c(-c2ccc3c(c2)OCCCO3)c1C(=O)O. The lowest BCUT2D eigenvalue weighted by Gasteiger charge is -2.14. The molecule has 0 fully saturated rings. The fourth-order valence-electron chi connectivity index (χ4n) is 2.65. The van der Waals surface area contributed by atoms with Gasteiger partial charge in [-0.05, 0) is 17.7 Å². The lowest BCUT2D eigenvalue weighted by molar-refractivity contribution is 0.0695. The minimum Gasteiger partial charge on any atom is -0.490 e. The molecule has 1 aliphatic rings. The number of carboxylic acids is 2. The van der Waals surface area contributed by atoms with Crippen LogP contribution in [0.4, 0.5) is 5.82 Å². The van der Waals surface area contributed by atoms with Gasteiger partial charge in [0.2, 0.25) is 0 Å². The smallest absolute Gasteiger partial charge is 0.342 e. The molecule has 25 heavy (non-hydrogen) atoms. The highest BCUT2D eigenvalue weighted by Gasteiger charge is 2.27. The second kappa shape index (κ2) is 6.19. The predicted octanol–water partition coefficient (Wildman–Crippen LogP) is 1.18. The van der Waals surface area contributed by atoms with E-state index in [1.165, 1.54) is 18.2 Å². The molecule has 1 aliphatic heterocycles. The first-order chi connectivity index (χ1) is 11.9. The highest BCUT2D eigenvalue weighted by molar-refractivity contribution is 6.07. The van der Waals surface area contributed by atoms with Crippen molar-refractivity contribution in [3.8, 4) is 22.6 Å². The Morgan fingerprint density at radius 2 is 1.68 bits per heavy atom. The first-order valence-corrected chi connectivity index (χ1v) is 7.32. The van der Waals surface area contributed by atoms with Crippen molar-refractivity contribution in [2.45, 2.75) is 6.42 Å². The second-order valence-corrected chi connectivity index (χ2v) is 5.32. The van der Waals surface area contributed by atoms with Crippen LogP contribution in [0.5, 0.6) is 11.5 Å². The van der Waals surface area contributed by atoms with E-state index in [-0.39, 0.29) is 11.1 Å². The summed E-state index contributed by atoms with van der Waals surface area (Å²) < 4.78 is 11.0. The Kier molecular flexibility index (Phi) is 4.05. The number of fused-ring (bicyclic) bond motifs is 1. The summed E-state index contributed by atoms with van der Waals surface area (Å²) in [6.07, 6.45) is 0.669. The minimum atomic E-state index is -1.56. The highest BCUT2D eigenvalue weighted by Crippen LogP contribution is 2.37. The largest absolute Gasteiger partial charge is 0.490 e. The zero-order valence-electron chi connectivity index (χ0n) is 12.9. The number of carbonyl (C=O) groups is 2. The van der Waals surface area contributed by atoms with Crippen LogP contribution in [0.15, 0.2) is 23.0 Å². The minimum absolute atomic E-state index is 0.178. The van der Waals surface area contributed by atoms with Crippen molar-refractivity contribution < 1.29 is 29.3 Å². The molecular formula is C16H14N2O7. The van der Waals surface area contributed by atoms with Crippen molar-refractivity contribution in [1.29, 1.82) is 0 Å². The number of aromatic amines is 1. The molecule has 0 saturated heterocycles. The van der Waals surface area contributed by atoms with Crippen LogP contribution >= 0.6 is 0 Å². The van der Waals surface area contributed by atoms with Gasteiger partial charge in [-0.3, -0.25) is 4.79 Å². The maximum absolute atomic E-state index is 12.0. The summed E-state index contributed by atoms with van der Waals surface area (Å²) >= 11 is 0. The summed E-state index contributed by atoms with van der Waals surface area (Å²) in [5.74, 6) is -2.66. The molecule has 9 heteroatoms. The van der Waals surface area contributed by atoms with Crippen LogP contribution in [0.25, 0.3) is 11.1 Å². The molecule has 0 saturated carbocycles. The fourth-order valence-corrected chi connectivity index (χ4v) is 2.65. The molecular weight excluding hydrogens is 332 g/mol. The number of rotatable bonds is 3. The summed E-state index contributed by atoms with van der Waals surface area (Å²) in [4.78, 5) is 37.2. The van der Waals surface area contributed by atoms with E-state index < -0.39 is 34.4 Å². The van der Waals surface area contributed by atoms with E-state index in [1.807, 2.05) is 0 Å². The number of nitrogens with two attached hydrogens (primary N) is 1. The molecule has 2 aromatic rings. The average Bonchev–Trinajstić information content (AvgIpc) is 2.77. The summed E-state index contributed by atoms with van der Waals surface area (Å²) in [6, 6.07) is 4.43. The van der Waals surface area contributed by atoms with Crippen LogP contribution in [-0.2, 0) is 0 Å². The van der Waals surface area contributed by atoms with Gasteiger partial charge < -0.3 is 30.4 Å². The molecule has 0 amide bonds. The number of pyridine rings is 1. The maximum atomic E-state index is 12.0. The zero-order valence-corrected chi connectivity index (χ0v) is 12.9. The van der Waals surface area contributed by atoms with E-state index in [2.05, 4.69) is 4.98 Å². The van der Waals surface area contributed by atoms with Crippen LogP contribution < -0.4 is 20.8 Å². The van der Waals surface area contributed by atoms with E-state index in [0.29, 0.717) is 31.1 Å². The van der Waals surface area contributed by atoms with Gasteiger partial charge in [-0.15, -0.1) is 0 Å². The molecule has 2 heterocycles. The number of benzene rings is 1. The molecule has 130 valence electrons. The number of hydrogen-bond acceptors (Lipinski definition) is 6. The summed E-state index contributed by atoms with van der Waals surface area (Å²) in [5.41, 5.74) is 3.31. The maximum Gasteiger partial charge on any atom is 0.342 e. The molecule has 1 aromatic heterocycles. The summed E-state index contributed by atoms with van der Waals surface area (Å²) in [6.45, 7) is 0.858. The van der Waals surface area contributed by atoms with Gasteiger partial charge in [0.25, 0.3) is 5.56 Å². The zero-order chi connectivity index (χ0) is 18.1. The Labute approximate surface area is 140 Å². The van der Waals surface area contributed by atoms with E-state index in [1.54, 1.807) is 0 Å². The van der Waals surface area contributed by atoms with Gasteiger partial charge in [0.05, 0.1) is 13.2 Å². The molecule has 3 rings (SSSR count). The molecule has 0 radical (unpaired) electrons. The third kappa shape index (κ3) is 2.87. The van der Waals surface area contributed by atoms with Gasteiger partial charge in [0.15, 0.2) is 11.5 Å². The highest BCUT2D eigenvalue weighted by atomic mass is 16.5. The van der Waals surface area contributed by atoms with E-state index in [9.17, 15) is 24.6 Å². The molecule has 0 spiro atoms. The van der Waals surface area contributed by atoms with Crippen LogP contribution in [0.2, 0.25) is 0 Å². The Bertz CT molecular complexity index is 933. The number of H-pyrrole nitrogens is 1. The van der Waals surface area contributed by atoms with Gasteiger partial charge in [0, 0.05) is 12.0 Å². The first kappa shape index (κ1) is 16.4. The third-order valence-electron chi connectivity index (χ3n) is 3.71. The molecule has 0 bridgehead atoms. The number of carboxylic acid groups (broad SMARTS) is 2. The van der Waals surface area contributed by atoms with Crippen molar-refractivity contribution in [2.75, 3.05) is 18.9 Å². The van der Waals surface area contributed by atoms with Gasteiger partial charge in [0.1, 0.15) is 16.9 Å².